The van der Waals surface area contributed by atoms with Crippen molar-refractivity contribution < 1.29 is 0 Å². The summed E-state index contributed by atoms with van der Waals surface area (Å²) in [5.41, 5.74) is 4.81. The summed E-state index contributed by atoms with van der Waals surface area (Å²) in [5, 5.41) is 0. The van der Waals surface area contributed by atoms with Crippen LogP contribution in [0, 0.1) is 6.92 Å². The smallest absolute Gasteiger partial charge is 0.133 e. The molecule has 0 fully saturated rings. The molecule has 2 nitrogen and oxygen atoms in total. The summed E-state index contributed by atoms with van der Waals surface area (Å²) in [6.07, 6.45) is 1.09. The molecule has 1 aromatic heterocycles. The lowest BCUT2D eigenvalue weighted by molar-refractivity contribution is 0.961. The molecule has 0 spiro atoms. The van der Waals surface area contributed by atoms with Crippen molar-refractivity contribution in [2.24, 2.45) is 0 Å². The monoisotopic (exact) mass is 258 g/mol. The van der Waals surface area contributed by atoms with Gasteiger partial charge in [-0.2, -0.15) is 0 Å². The van der Waals surface area contributed by atoms with Crippen molar-refractivity contribution in [3.63, 3.8) is 0 Å². The number of hydrogen-bond donors (Lipinski definition) is 0. The molecule has 2 heterocycles. The number of aromatic nitrogens is 1. The Morgan fingerprint density at radius 1 is 1.22 bits per heavy atom. The van der Waals surface area contributed by atoms with Gasteiger partial charge >= 0.3 is 0 Å². The van der Waals surface area contributed by atoms with Crippen LogP contribution in [0.15, 0.2) is 36.4 Å². The molecule has 1 aliphatic heterocycles. The first kappa shape index (κ1) is 11.5. The van der Waals surface area contributed by atoms with Gasteiger partial charge < -0.3 is 4.90 Å². The zero-order chi connectivity index (χ0) is 12.5. The number of fused-ring (bicyclic) bond motifs is 1. The van der Waals surface area contributed by atoms with Crippen LogP contribution in [0.25, 0.3) is 0 Å². The van der Waals surface area contributed by atoms with E-state index in [1.54, 1.807) is 0 Å². The molecule has 0 radical (unpaired) electrons. The Balaban J connectivity index is 2.00. The number of aryl methyl sites for hydroxylation is 1. The minimum absolute atomic E-state index is 0.524. The van der Waals surface area contributed by atoms with Crippen LogP contribution in [0.4, 0.5) is 11.5 Å². The lowest BCUT2D eigenvalue weighted by atomic mass is 10.2. The molecular weight excluding hydrogens is 244 g/mol. The minimum atomic E-state index is 0.524. The van der Waals surface area contributed by atoms with Crippen LogP contribution < -0.4 is 4.90 Å². The standard InChI is InChI=1S/C15H15ClN2/c1-11-13(10-16)6-7-15(17-11)18-9-8-12-4-2-3-5-14(12)18/h2-7H,8-10H2,1H3. The van der Waals surface area contributed by atoms with Gasteiger partial charge in [0.1, 0.15) is 5.82 Å². The molecule has 0 unspecified atom stereocenters. The van der Waals surface area contributed by atoms with Gasteiger partial charge in [0.05, 0.1) is 0 Å². The first-order valence-electron chi connectivity index (χ1n) is 6.17. The predicted octanol–water partition coefficient (Wildman–Crippen LogP) is 3.82. The van der Waals surface area contributed by atoms with E-state index in [4.69, 9.17) is 11.6 Å². The van der Waals surface area contributed by atoms with Gasteiger partial charge in [-0.3, -0.25) is 0 Å². The number of halogens is 1. The average Bonchev–Trinajstić information content (AvgIpc) is 2.82. The molecule has 0 saturated carbocycles. The quantitative estimate of drug-likeness (QED) is 0.762. The third kappa shape index (κ3) is 1.87. The Kier molecular flexibility index (Phi) is 2.96. The maximum Gasteiger partial charge on any atom is 0.133 e. The molecule has 3 heteroatoms. The summed E-state index contributed by atoms with van der Waals surface area (Å²) >= 11 is 5.87. The van der Waals surface area contributed by atoms with E-state index in [1.807, 2.05) is 6.92 Å². The predicted molar refractivity (Wildman–Crippen MR) is 75.7 cm³/mol. The highest BCUT2D eigenvalue weighted by Gasteiger charge is 2.20. The topological polar surface area (TPSA) is 16.1 Å². The third-order valence-electron chi connectivity index (χ3n) is 3.49. The SMILES string of the molecule is Cc1nc(N2CCc3ccccc32)ccc1CCl. The highest BCUT2D eigenvalue weighted by molar-refractivity contribution is 6.17. The van der Waals surface area contributed by atoms with Crippen molar-refractivity contribution in [3.05, 3.63) is 53.2 Å². The number of nitrogens with zero attached hydrogens (tertiary/aromatic N) is 2. The molecule has 0 saturated heterocycles. The van der Waals surface area contributed by atoms with E-state index in [2.05, 4.69) is 46.3 Å². The van der Waals surface area contributed by atoms with Crippen molar-refractivity contribution in [1.82, 2.24) is 4.98 Å². The molecule has 0 aliphatic carbocycles. The molecule has 1 aromatic carbocycles. The summed E-state index contributed by atoms with van der Waals surface area (Å²) in [7, 11) is 0. The molecule has 0 amide bonds. The Morgan fingerprint density at radius 3 is 2.83 bits per heavy atom. The number of anilines is 2. The van der Waals surface area contributed by atoms with E-state index in [-0.39, 0.29) is 0 Å². The number of benzene rings is 1. The molecule has 3 rings (SSSR count). The second-order valence-corrected chi connectivity index (χ2v) is 4.85. The highest BCUT2D eigenvalue weighted by Crippen LogP contribution is 2.33. The molecular formula is C15H15ClN2. The summed E-state index contributed by atoms with van der Waals surface area (Å²) in [6, 6.07) is 12.7. The normalized spacial score (nSPS) is 13.8. The molecule has 18 heavy (non-hydrogen) atoms. The van der Waals surface area contributed by atoms with Crippen LogP contribution in [0.2, 0.25) is 0 Å². The van der Waals surface area contributed by atoms with Crippen molar-refractivity contribution in [2.75, 3.05) is 11.4 Å². The van der Waals surface area contributed by atoms with Crippen molar-refractivity contribution in [3.8, 4) is 0 Å². The summed E-state index contributed by atoms with van der Waals surface area (Å²) in [4.78, 5) is 6.94. The molecule has 0 atom stereocenters. The third-order valence-corrected chi connectivity index (χ3v) is 3.78. The lowest BCUT2D eigenvalue weighted by Gasteiger charge is -2.19. The summed E-state index contributed by atoms with van der Waals surface area (Å²) in [5.74, 6) is 1.54. The minimum Gasteiger partial charge on any atom is -0.326 e. The number of rotatable bonds is 2. The number of hydrogen-bond acceptors (Lipinski definition) is 2. The van der Waals surface area contributed by atoms with E-state index in [0.717, 1.165) is 30.0 Å². The Labute approximate surface area is 112 Å². The van der Waals surface area contributed by atoms with Crippen molar-refractivity contribution in [1.29, 1.82) is 0 Å². The van der Waals surface area contributed by atoms with Gasteiger partial charge in [-0.15, -0.1) is 11.6 Å². The molecule has 2 aromatic rings. The number of pyridine rings is 1. The zero-order valence-corrected chi connectivity index (χ0v) is 11.1. The van der Waals surface area contributed by atoms with Crippen molar-refractivity contribution >= 4 is 23.1 Å². The van der Waals surface area contributed by atoms with Gasteiger partial charge in [0, 0.05) is 23.8 Å². The molecule has 1 aliphatic rings. The fraction of sp³-hybridized carbons (Fsp3) is 0.267. The van der Waals surface area contributed by atoms with Crippen LogP contribution in [0.5, 0.6) is 0 Å². The largest absolute Gasteiger partial charge is 0.326 e. The van der Waals surface area contributed by atoms with Crippen LogP contribution in [-0.4, -0.2) is 11.5 Å². The second-order valence-electron chi connectivity index (χ2n) is 4.58. The first-order valence-corrected chi connectivity index (χ1v) is 6.71. The second kappa shape index (κ2) is 4.62. The van der Waals surface area contributed by atoms with E-state index < -0.39 is 0 Å². The van der Waals surface area contributed by atoms with Gasteiger partial charge in [-0.05, 0) is 36.6 Å². The molecule has 0 bridgehead atoms. The van der Waals surface area contributed by atoms with E-state index in [0.29, 0.717) is 5.88 Å². The first-order chi connectivity index (χ1) is 8.79. The zero-order valence-electron chi connectivity index (χ0n) is 10.4. The Hall–Kier alpha value is -1.54. The van der Waals surface area contributed by atoms with Crippen LogP contribution >= 0.6 is 11.6 Å². The van der Waals surface area contributed by atoms with Gasteiger partial charge in [0.25, 0.3) is 0 Å². The van der Waals surface area contributed by atoms with E-state index in [9.17, 15) is 0 Å². The van der Waals surface area contributed by atoms with Crippen LogP contribution in [0.1, 0.15) is 16.8 Å². The summed E-state index contributed by atoms with van der Waals surface area (Å²) < 4.78 is 0. The fourth-order valence-corrected chi connectivity index (χ4v) is 2.73. The van der Waals surface area contributed by atoms with E-state index in [1.165, 1.54) is 11.3 Å². The van der Waals surface area contributed by atoms with Gasteiger partial charge in [0.2, 0.25) is 0 Å². The highest BCUT2D eigenvalue weighted by atomic mass is 35.5. The van der Waals surface area contributed by atoms with Gasteiger partial charge in [-0.1, -0.05) is 24.3 Å². The van der Waals surface area contributed by atoms with Crippen LogP contribution in [-0.2, 0) is 12.3 Å². The van der Waals surface area contributed by atoms with Gasteiger partial charge in [-0.25, -0.2) is 4.98 Å². The maximum absolute atomic E-state index is 5.87. The maximum atomic E-state index is 5.87. The number of para-hydroxylation sites is 1. The number of alkyl halides is 1. The Bertz CT molecular complexity index is 580. The molecule has 92 valence electrons. The summed E-state index contributed by atoms with van der Waals surface area (Å²) in [6.45, 7) is 3.02. The average molecular weight is 259 g/mol. The van der Waals surface area contributed by atoms with E-state index >= 15 is 0 Å². The lowest BCUT2D eigenvalue weighted by Crippen LogP contribution is -2.15. The Morgan fingerprint density at radius 2 is 2.06 bits per heavy atom. The fourth-order valence-electron chi connectivity index (χ4n) is 2.44. The van der Waals surface area contributed by atoms with Gasteiger partial charge in [0.15, 0.2) is 0 Å². The van der Waals surface area contributed by atoms with Crippen molar-refractivity contribution in [2.45, 2.75) is 19.2 Å². The molecule has 0 N–H and O–H groups in total. The van der Waals surface area contributed by atoms with Crippen LogP contribution in [0.3, 0.4) is 0 Å².